The lowest BCUT2D eigenvalue weighted by molar-refractivity contribution is -0.290. The number of ether oxygens (including phenoxy) is 4. The van der Waals surface area contributed by atoms with Crippen molar-refractivity contribution >= 4 is 0 Å². The molecule has 51 heavy (non-hydrogen) atoms. The van der Waals surface area contributed by atoms with Crippen molar-refractivity contribution in [3.8, 4) is 0 Å². The second-order valence-electron chi connectivity index (χ2n) is 19.2. The van der Waals surface area contributed by atoms with Crippen molar-refractivity contribution in [1.82, 2.24) is 0 Å². The van der Waals surface area contributed by atoms with Crippen molar-refractivity contribution in [3.63, 3.8) is 0 Å². The molecular formula is C41H70O10. The summed E-state index contributed by atoms with van der Waals surface area (Å²) in [6.07, 6.45) is 9.19. The van der Waals surface area contributed by atoms with Gasteiger partial charge in [0.1, 0.15) is 0 Å². The zero-order valence-corrected chi connectivity index (χ0v) is 32.2. The average molecular weight is 723 g/mol. The standard InChI is InChI=1S/C41H70O10/c1-38(2)32-13-15-40(5)31-10-8-29(24(21-42)7-12-34(46)39(3,4)47)30(31)9-11-33(40)41(32,6)16-14-35(38)51-37-20-26(45)18-28(50-37)23-48-36-19-25(44)17-27(22-43)49-36/h7,25-37,42-47H,8-23H2,1-6H3/b24-7+. The maximum atomic E-state index is 10.8. The van der Waals surface area contributed by atoms with Gasteiger partial charge in [0.05, 0.1) is 62.0 Å². The first-order chi connectivity index (χ1) is 24.0. The third kappa shape index (κ3) is 8.03. The highest BCUT2D eigenvalue weighted by Crippen LogP contribution is 2.72. The molecule has 294 valence electrons. The average Bonchev–Trinajstić information content (AvgIpc) is 3.50. The molecule has 2 saturated heterocycles. The number of fused-ring (bicyclic) bond motifs is 5. The molecule has 6 aliphatic rings. The first-order valence-electron chi connectivity index (χ1n) is 20.2. The van der Waals surface area contributed by atoms with Crippen LogP contribution in [0.3, 0.4) is 0 Å². The van der Waals surface area contributed by atoms with E-state index in [0.29, 0.717) is 61.7 Å². The molecule has 6 rings (SSSR count). The van der Waals surface area contributed by atoms with E-state index in [0.717, 1.165) is 31.3 Å². The minimum absolute atomic E-state index is 0.0155. The lowest BCUT2D eigenvalue weighted by Crippen LogP contribution is -2.62. The zero-order chi connectivity index (χ0) is 36.9. The Bertz CT molecular complexity index is 1200. The number of rotatable bonds is 11. The number of hydrogen-bond acceptors (Lipinski definition) is 10. The number of aliphatic hydroxyl groups excluding tert-OH is 5. The second kappa shape index (κ2) is 15.5. The lowest BCUT2D eigenvalue weighted by atomic mass is 9.38. The van der Waals surface area contributed by atoms with E-state index in [9.17, 15) is 30.6 Å². The SMILES string of the molecule is CC(C)(O)C(O)C/C=C(\CO)C1CCC2C1CCC1C2(C)CCC2C(C)(C)C(OC3CC(O)CC(COC4CC(O)CC(CO)O4)O3)CCC21C. The molecule has 10 nitrogen and oxygen atoms in total. The normalized spacial score (nSPS) is 46.5. The van der Waals surface area contributed by atoms with E-state index in [1.807, 2.05) is 6.08 Å². The lowest BCUT2D eigenvalue weighted by Gasteiger charge is -2.67. The van der Waals surface area contributed by atoms with Gasteiger partial charge in [-0.25, -0.2) is 0 Å². The van der Waals surface area contributed by atoms with Gasteiger partial charge in [0.2, 0.25) is 0 Å². The third-order valence-corrected chi connectivity index (χ3v) is 15.2. The molecule has 6 N–H and O–H groups in total. The predicted octanol–water partition coefficient (Wildman–Crippen LogP) is 4.85. The Hall–Kier alpha value is -0.660. The fraction of sp³-hybridized carbons (Fsp3) is 0.951. The number of hydrogen-bond donors (Lipinski definition) is 6. The quantitative estimate of drug-likeness (QED) is 0.129. The minimum atomic E-state index is -1.17. The molecule has 15 atom stereocenters. The molecule has 0 spiro atoms. The molecule has 0 aromatic heterocycles. The first kappa shape index (κ1) is 40.0. The summed E-state index contributed by atoms with van der Waals surface area (Å²) in [5, 5.41) is 61.7. The van der Waals surface area contributed by atoms with Gasteiger partial charge in [-0.3, -0.25) is 0 Å². The van der Waals surface area contributed by atoms with E-state index >= 15 is 0 Å². The fourth-order valence-corrected chi connectivity index (χ4v) is 12.6. The largest absolute Gasteiger partial charge is 0.394 e. The van der Waals surface area contributed by atoms with Crippen molar-refractivity contribution in [2.24, 2.45) is 45.8 Å². The molecule has 0 bridgehead atoms. The summed E-state index contributed by atoms with van der Waals surface area (Å²) in [5.41, 5.74) is 0.259. The van der Waals surface area contributed by atoms with Gasteiger partial charge in [0.15, 0.2) is 12.6 Å². The minimum Gasteiger partial charge on any atom is -0.394 e. The molecule has 0 aromatic rings. The van der Waals surface area contributed by atoms with Gasteiger partial charge < -0.3 is 49.6 Å². The molecule has 0 amide bonds. The van der Waals surface area contributed by atoms with Crippen LogP contribution in [0.5, 0.6) is 0 Å². The Morgan fingerprint density at radius 2 is 1.49 bits per heavy atom. The summed E-state index contributed by atoms with van der Waals surface area (Å²) >= 11 is 0. The van der Waals surface area contributed by atoms with Gasteiger partial charge in [-0.2, -0.15) is 0 Å². The summed E-state index contributed by atoms with van der Waals surface area (Å²) in [4.78, 5) is 0. The van der Waals surface area contributed by atoms with E-state index in [4.69, 9.17) is 18.9 Å². The van der Waals surface area contributed by atoms with E-state index in [1.165, 1.54) is 25.7 Å². The van der Waals surface area contributed by atoms with Gasteiger partial charge in [-0.15, -0.1) is 0 Å². The maximum absolute atomic E-state index is 10.8. The van der Waals surface area contributed by atoms with Crippen LogP contribution in [0, 0.1) is 45.8 Å². The highest BCUT2D eigenvalue weighted by molar-refractivity contribution is 5.19. The van der Waals surface area contributed by atoms with E-state index in [-0.39, 0.29) is 48.3 Å². The van der Waals surface area contributed by atoms with Crippen LogP contribution >= 0.6 is 0 Å². The van der Waals surface area contributed by atoms with Crippen LogP contribution in [-0.4, -0.2) is 105 Å². The molecule has 15 unspecified atom stereocenters. The monoisotopic (exact) mass is 722 g/mol. The molecule has 0 aromatic carbocycles. The smallest absolute Gasteiger partial charge is 0.160 e. The van der Waals surface area contributed by atoms with Gasteiger partial charge >= 0.3 is 0 Å². The van der Waals surface area contributed by atoms with Gasteiger partial charge in [0, 0.05) is 25.7 Å². The Kier molecular flexibility index (Phi) is 12.1. The van der Waals surface area contributed by atoms with Crippen LogP contribution < -0.4 is 0 Å². The van der Waals surface area contributed by atoms with Crippen molar-refractivity contribution < 1.29 is 49.6 Å². The van der Waals surface area contributed by atoms with Gasteiger partial charge in [-0.1, -0.05) is 33.8 Å². The van der Waals surface area contributed by atoms with Crippen LogP contribution in [0.15, 0.2) is 11.6 Å². The van der Waals surface area contributed by atoms with Crippen molar-refractivity contribution in [2.75, 3.05) is 19.8 Å². The summed E-state index contributed by atoms with van der Waals surface area (Å²) in [5.74, 6) is 2.65. The molecule has 2 aliphatic heterocycles. The third-order valence-electron chi connectivity index (χ3n) is 15.2. The molecule has 0 radical (unpaired) electrons. The zero-order valence-electron chi connectivity index (χ0n) is 32.2. The molecule has 4 saturated carbocycles. The van der Waals surface area contributed by atoms with E-state index < -0.39 is 42.6 Å². The topological polar surface area (TPSA) is 158 Å². The molecule has 6 fully saturated rings. The van der Waals surface area contributed by atoms with Crippen molar-refractivity contribution in [1.29, 1.82) is 0 Å². The fourth-order valence-electron chi connectivity index (χ4n) is 12.6. The Morgan fingerprint density at radius 3 is 2.18 bits per heavy atom. The highest BCUT2D eigenvalue weighted by atomic mass is 16.7. The van der Waals surface area contributed by atoms with Crippen LogP contribution in [0.1, 0.15) is 125 Å². The van der Waals surface area contributed by atoms with Crippen molar-refractivity contribution in [2.45, 2.75) is 180 Å². The van der Waals surface area contributed by atoms with Gasteiger partial charge in [-0.05, 0) is 123 Å². The van der Waals surface area contributed by atoms with Crippen LogP contribution in [0.25, 0.3) is 0 Å². The Morgan fingerprint density at radius 1 is 0.824 bits per heavy atom. The maximum Gasteiger partial charge on any atom is 0.160 e. The van der Waals surface area contributed by atoms with Crippen LogP contribution in [0.2, 0.25) is 0 Å². The molecular weight excluding hydrogens is 652 g/mol. The predicted molar refractivity (Wildman–Crippen MR) is 192 cm³/mol. The van der Waals surface area contributed by atoms with Crippen LogP contribution in [0.4, 0.5) is 0 Å². The van der Waals surface area contributed by atoms with Crippen molar-refractivity contribution in [3.05, 3.63) is 11.6 Å². The second-order valence-corrected chi connectivity index (χ2v) is 19.2. The van der Waals surface area contributed by atoms with Crippen LogP contribution in [-0.2, 0) is 18.9 Å². The van der Waals surface area contributed by atoms with E-state index in [2.05, 4.69) is 27.7 Å². The first-order valence-corrected chi connectivity index (χ1v) is 20.2. The van der Waals surface area contributed by atoms with Gasteiger partial charge in [0.25, 0.3) is 0 Å². The van der Waals surface area contributed by atoms with E-state index in [1.54, 1.807) is 13.8 Å². The summed E-state index contributed by atoms with van der Waals surface area (Å²) in [7, 11) is 0. The molecule has 4 aliphatic carbocycles. The summed E-state index contributed by atoms with van der Waals surface area (Å²) < 4.78 is 25.0. The summed E-state index contributed by atoms with van der Waals surface area (Å²) in [6.45, 7) is 13.3. The Labute approximate surface area is 306 Å². The number of aliphatic hydroxyl groups is 6. The highest BCUT2D eigenvalue weighted by Gasteiger charge is 2.65. The molecule has 10 heteroatoms. The molecule has 2 heterocycles. The summed E-state index contributed by atoms with van der Waals surface area (Å²) in [6, 6.07) is 0. The Balaban J connectivity index is 1.08.